The number of thiol groups is 1. The van der Waals surface area contributed by atoms with Crippen LogP contribution in [0.2, 0.25) is 0 Å². The van der Waals surface area contributed by atoms with Crippen LogP contribution in [0.25, 0.3) is 38.3 Å². The quantitative estimate of drug-likeness (QED) is 0.122. The van der Waals surface area contributed by atoms with E-state index >= 15 is 0 Å². The topological polar surface area (TPSA) is 11.4 Å². The molecule has 0 radical (unpaired) electrons. The van der Waals surface area contributed by atoms with Crippen LogP contribution in [0.4, 0.5) is 28.4 Å². The normalized spacial score (nSPS) is 16.4. The first-order chi connectivity index (χ1) is 28.5. The lowest BCUT2D eigenvalue weighted by molar-refractivity contribution is 0.777. The van der Waals surface area contributed by atoms with E-state index in [0.29, 0.717) is 0 Å². The van der Waals surface area contributed by atoms with E-state index < -0.39 is 0 Å². The molecule has 5 heteroatoms. The summed E-state index contributed by atoms with van der Waals surface area (Å²) in [6.45, 7) is 10.4. The summed E-state index contributed by atoms with van der Waals surface area (Å²) in [5.41, 5.74) is 13.1. The molecule has 0 fully saturated rings. The van der Waals surface area contributed by atoms with Crippen molar-refractivity contribution in [1.82, 2.24) is 4.57 Å². The van der Waals surface area contributed by atoms with Crippen LogP contribution < -0.4 is 9.80 Å². The Hall–Kier alpha value is -6.14. The minimum atomic E-state index is 0.216. The second-order valence-electron chi connectivity index (χ2n) is 15.2. The van der Waals surface area contributed by atoms with Crippen molar-refractivity contribution >= 4 is 91.1 Å². The highest BCUT2D eigenvalue weighted by molar-refractivity contribution is 7.99. The molecular formula is C53H43N3S2. The largest absolute Gasteiger partial charge is 0.313 e. The summed E-state index contributed by atoms with van der Waals surface area (Å²) < 4.78 is 2.48. The fourth-order valence-electron chi connectivity index (χ4n) is 8.93. The van der Waals surface area contributed by atoms with Gasteiger partial charge < -0.3 is 14.4 Å². The number of hydrogen-bond donors (Lipinski definition) is 1. The van der Waals surface area contributed by atoms with Gasteiger partial charge in [0.15, 0.2) is 0 Å². The molecule has 1 aromatic heterocycles. The summed E-state index contributed by atoms with van der Waals surface area (Å²) in [4.78, 5) is 8.24. The fraction of sp³-hybridized carbons (Fsp3) is 0.0943. The van der Waals surface area contributed by atoms with Gasteiger partial charge in [-0.3, -0.25) is 0 Å². The molecule has 3 aliphatic rings. The van der Waals surface area contributed by atoms with Crippen LogP contribution in [0.15, 0.2) is 215 Å². The summed E-state index contributed by atoms with van der Waals surface area (Å²) in [5.74, 6) is 0.216. The molecule has 10 rings (SSSR count). The average Bonchev–Trinajstić information content (AvgIpc) is 3.59. The van der Waals surface area contributed by atoms with Gasteiger partial charge in [-0.25, -0.2) is 0 Å². The van der Waals surface area contributed by atoms with Crippen LogP contribution in [0.1, 0.15) is 26.2 Å². The van der Waals surface area contributed by atoms with Crippen molar-refractivity contribution < 1.29 is 0 Å². The Balaban J connectivity index is 1.17. The van der Waals surface area contributed by atoms with Crippen LogP contribution in [0.5, 0.6) is 0 Å². The van der Waals surface area contributed by atoms with Crippen molar-refractivity contribution in [2.24, 2.45) is 5.92 Å². The lowest BCUT2D eigenvalue weighted by Crippen LogP contribution is -2.20. The minimum absolute atomic E-state index is 0.216. The maximum Gasteiger partial charge on any atom is 0.0608 e. The predicted octanol–water partition coefficient (Wildman–Crippen LogP) is 15.6. The van der Waals surface area contributed by atoms with Crippen molar-refractivity contribution in [3.05, 3.63) is 200 Å². The van der Waals surface area contributed by atoms with Gasteiger partial charge in [0.2, 0.25) is 0 Å². The first-order valence-corrected chi connectivity index (χ1v) is 21.2. The van der Waals surface area contributed by atoms with Gasteiger partial charge in [0.05, 0.1) is 28.1 Å². The molecule has 1 unspecified atom stereocenters. The lowest BCUT2D eigenvalue weighted by Gasteiger charge is -2.35. The third-order valence-corrected chi connectivity index (χ3v) is 13.2. The number of anilines is 5. The van der Waals surface area contributed by atoms with E-state index in [1.165, 1.54) is 70.6 Å². The Kier molecular flexibility index (Phi) is 9.36. The van der Waals surface area contributed by atoms with E-state index in [2.05, 4.69) is 192 Å². The molecule has 2 aliphatic carbocycles. The van der Waals surface area contributed by atoms with Crippen LogP contribution in [-0.2, 0) is 0 Å². The predicted molar refractivity (Wildman–Crippen MR) is 253 cm³/mol. The van der Waals surface area contributed by atoms with Crippen molar-refractivity contribution in [1.29, 1.82) is 0 Å². The Bertz CT molecular complexity index is 2990. The summed E-state index contributed by atoms with van der Waals surface area (Å²) in [6.07, 6.45) is 20.2. The van der Waals surface area contributed by atoms with Crippen LogP contribution >= 0.6 is 24.4 Å². The van der Waals surface area contributed by atoms with Gasteiger partial charge in [0, 0.05) is 54.1 Å². The van der Waals surface area contributed by atoms with Crippen LogP contribution in [0, 0.1) is 5.92 Å². The number of rotatable bonds is 8. The molecule has 6 aromatic carbocycles. The van der Waals surface area contributed by atoms with E-state index in [1.807, 2.05) is 23.9 Å². The smallest absolute Gasteiger partial charge is 0.0608 e. The molecule has 58 heavy (non-hydrogen) atoms. The molecule has 0 saturated heterocycles. The average molecular weight is 786 g/mol. The van der Waals surface area contributed by atoms with Crippen molar-refractivity contribution in [3.8, 4) is 0 Å². The molecule has 0 spiro atoms. The number of allylic oxidation sites excluding steroid dienone is 11. The standard InChI is InChI=1S/C53H43N3S2/c1-4-15-36(5-2)37-19-14-20-40(30-37)55-46-23-11-9-21-43(46)44-28-26-41(33-49(44)55)56-48-29-27-42(34-53(48)58-52-32-39-18-8-7-17-38(39)31-50(52)56)54(45-22-10-6-16-35(45)3)47-24-12-13-25-51(47)57/h4-5,7-15,17-29,31-34,37,57H,1-2,6,16,30H2,3H3/b36-15+. The first-order valence-electron chi connectivity index (χ1n) is 20.0. The highest BCUT2D eigenvalue weighted by Gasteiger charge is 2.29. The maximum absolute atomic E-state index is 4.97. The lowest BCUT2D eigenvalue weighted by atomic mass is 9.90. The van der Waals surface area contributed by atoms with E-state index in [4.69, 9.17) is 12.6 Å². The molecule has 0 amide bonds. The van der Waals surface area contributed by atoms with Crippen LogP contribution in [-0.4, -0.2) is 4.57 Å². The van der Waals surface area contributed by atoms with Gasteiger partial charge in [-0.05, 0) is 121 Å². The Morgan fingerprint density at radius 1 is 0.810 bits per heavy atom. The van der Waals surface area contributed by atoms with Crippen molar-refractivity contribution in [2.75, 3.05) is 9.80 Å². The summed E-state index contributed by atoms with van der Waals surface area (Å²) >= 11 is 6.82. The van der Waals surface area contributed by atoms with Gasteiger partial charge >= 0.3 is 0 Å². The molecule has 3 nitrogen and oxygen atoms in total. The van der Waals surface area contributed by atoms with Gasteiger partial charge in [-0.2, -0.15) is 0 Å². The number of para-hydroxylation sites is 2. The second kappa shape index (κ2) is 15.0. The number of benzene rings is 6. The molecule has 0 N–H and O–H groups in total. The van der Waals surface area contributed by atoms with Crippen molar-refractivity contribution in [3.63, 3.8) is 0 Å². The zero-order valence-corrected chi connectivity index (χ0v) is 34.2. The molecule has 2 heterocycles. The van der Waals surface area contributed by atoms with E-state index in [9.17, 15) is 0 Å². The molecule has 0 saturated carbocycles. The van der Waals surface area contributed by atoms with Gasteiger partial charge in [-0.1, -0.05) is 122 Å². The van der Waals surface area contributed by atoms with Gasteiger partial charge in [0.1, 0.15) is 0 Å². The molecule has 1 aliphatic heterocycles. The van der Waals surface area contributed by atoms with Crippen molar-refractivity contribution in [2.45, 2.75) is 40.9 Å². The van der Waals surface area contributed by atoms with E-state index in [0.717, 1.165) is 46.9 Å². The molecule has 7 aromatic rings. The molecule has 282 valence electrons. The number of hydrogen-bond acceptors (Lipinski definition) is 4. The Morgan fingerprint density at radius 2 is 1.59 bits per heavy atom. The monoisotopic (exact) mass is 785 g/mol. The van der Waals surface area contributed by atoms with E-state index in [1.54, 1.807) is 0 Å². The Labute approximate surface area is 350 Å². The summed E-state index contributed by atoms with van der Waals surface area (Å²) in [5, 5.41) is 4.95. The zero-order valence-electron chi connectivity index (χ0n) is 32.5. The minimum Gasteiger partial charge on any atom is -0.313 e. The molecule has 0 bridgehead atoms. The molecular weight excluding hydrogens is 743 g/mol. The third-order valence-electron chi connectivity index (χ3n) is 11.7. The summed E-state index contributed by atoms with van der Waals surface area (Å²) in [6, 6.07) is 44.6. The number of aromatic nitrogens is 1. The summed E-state index contributed by atoms with van der Waals surface area (Å²) in [7, 11) is 0. The highest BCUT2D eigenvalue weighted by Crippen LogP contribution is 2.54. The first kappa shape index (κ1) is 36.2. The number of fused-ring (bicyclic) bond motifs is 6. The highest BCUT2D eigenvalue weighted by atomic mass is 32.2. The maximum atomic E-state index is 4.97. The number of nitrogens with zero attached hydrogens (tertiary/aromatic N) is 3. The van der Waals surface area contributed by atoms with Gasteiger partial charge in [-0.15, -0.1) is 12.6 Å². The zero-order chi connectivity index (χ0) is 39.3. The van der Waals surface area contributed by atoms with E-state index in [-0.39, 0.29) is 5.92 Å². The third kappa shape index (κ3) is 6.17. The fourth-order valence-corrected chi connectivity index (χ4v) is 10.3. The van der Waals surface area contributed by atoms with Gasteiger partial charge in [0.25, 0.3) is 0 Å². The second-order valence-corrected chi connectivity index (χ2v) is 16.8. The SMILES string of the molecule is C=C/C=C(\C=C)C1C=CC=C(n2c3ccccc3c3ccc(N4c5ccc(N(C6=C(C)CCC=C6)c6ccccc6S)cc5Sc5cc6ccccc6cc54)cc32)C1. The van der Waals surface area contributed by atoms with Crippen LogP contribution in [0.3, 0.4) is 0 Å². The Morgan fingerprint density at radius 3 is 2.41 bits per heavy atom. The molecule has 1 atom stereocenters.